The zero-order chi connectivity index (χ0) is 11.4. The van der Waals surface area contributed by atoms with Gasteiger partial charge in [-0.15, -0.1) is 22.0 Å². The molecular weight excluding hydrogens is 264 g/mol. The standard InChI is InChI=1S/C10H9ClN2OS2/c1-14-7-3-2-4-8(5-7)15-6-9-12-13-10(11)16-9/h2-5H,6H2,1H3. The molecule has 84 valence electrons. The molecule has 1 aromatic heterocycles. The fraction of sp³-hybridized carbons (Fsp3) is 0.200. The smallest absolute Gasteiger partial charge is 0.207 e. The van der Waals surface area contributed by atoms with Gasteiger partial charge in [-0.1, -0.05) is 17.4 Å². The number of methoxy groups -OCH3 is 1. The number of hydrogen-bond acceptors (Lipinski definition) is 5. The van der Waals surface area contributed by atoms with E-state index in [-0.39, 0.29) is 0 Å². The van der Waals surface area contributed by atoms with E-state index in [0.717, 1.165) is 21.4 Å². The summed E-state index contributed by atoms with van der Waals surface area (Å²) in [6, 6.07) is 7.92. The molecule has 0 N–H and O–H groups in total. The van der Waals surface area contributed by atoms with Gasteiger partial charge in [0.25, 0.3) is 0 Å². The van der Waals surface area contributed by atoms with Crippen LogP contribution in [0.15, 0.2) is 29.2 Å². The molecule has 6 heteroatoms. The lowest BCUT2D eigenvalue weighted by Gasteiger charge is -2.02. The summed E-state index contributed by atoms with van der Waals surface area (Å²) >= 11 is 8.80. The summed E-state index contributed by atoms with van der Waals surface area (Å²) in [6.45, 7) is 0. The third-order valence-corrected chi connectivity index (χ3v) is 4.05. The molecule has 0 aliphatic carbocycles. The third kappa shape index (κ3) is 3.10. The summed E-state index contributed by atoms with van der Waals surface area (Å²) < 4.78 is 5.64. The largest absolute Gasteiger partial charge is 0.497 e. The van der Waals surface area contributed by atoms with Crippen LogP contribution in [0.2, 0.25) is 4.47 Å². The van der Waals surface area contributed by atoms with Crippen molar-refractivity contribution in [3.63, 3.8) is 0 Å². The quantitative estimate of drug-likeness (QED) is 0.798. The van der Waals surface area contributed by atoms with Gasteiger partial charge in [-0.3, -0.25) is 0 Å². The van der Waals surface area contributed by atoms with Crippen molar-refractivity contribution < 1.29 is 4.74 Å². The Balaban J connectivity index is 1.99. The average molecular weight is 273 g/mol. The van der Waals surface area contributed by atoms with Crippen LogP contribution in [0.3, 0.4) is 0 Å². The van der Waals surface area contributed by atoms with Crippen LogP contribution in [0.25, 0.3) is 0 Å². The van der Waals surface area contributed by atoms with Crippen LogP contribution in [-0.4, -0.2) is 17.3 Å². The normalized spacial score (nSPS) is 10.4. The Morgan fingerprint density at radius 2 is 2.31 bits per heavy atom. The highest BCUT2D eigenvalue weighted by atomic mass is 35.5. The highest BCUT2D eigenvalue weighted by Crippen LogP contribution is 2.27. The molecule has 0 amide bonds. The number of benzene rings is 1. The van der Waals surface area contributed by atoms with Gasteiger partial charge in [0.2, 0.25) is 4.47 Å². The van der Waals surface area contributed by atoms with Crippen molar-refractivity contribution in [3.05, 3.63) is 33.7 Å². The minimum absolute atomic E-state index is 0.487. The number of hydrogen-bond donors (Lipinski definition) is 0. The van der Waals surface area contributed by atoms with Crippen molar-refractivity contribution in [1.29, 1.82) is 0 Å². The van der Waals surface area contributed by atoms with Gasteiger partial charge in [0.1, 0.15) is 10.8 Å². The molecule has 0 unspecified atom stereocenters. The van der Waals surface area contributed by atoms with Crippen LogP contribution in [0.1, 0.15) is 5.01 Å². The zero-order valence-corrected chi connectivity index (χ0v) is 10.9. The molecular formula is C10H9ClN2OS2. The van der Waals surface area contributed by atoms with Crippen molar-refractivity contribution >= 4 is 34.7 Å². The first-order valence-corrected chi connectivity index (χ1v) is 6.70. The number of halogens is 1. The number of nitrogens with zero attached hydrogens (tertiary/aromatic N) is 2. The van der Waals surface area contributed by atoms with Crippen LogP contribution >= 0.6 is 34.7 Å². The topological polar surface area (TPSA) is 35.0 Å². The van der Waals surface area contributed by atoms with Gasteiger partial charge in [-0.05, 0) is 29.8 Å². The average Bonchev–Trinajstić information content (AvgIpc) is 2.73. The maximum atomic E-state index is 5.71. The van der Waals surface area contributed by atoms with Gasteiger partial charge in [0, 0.05) is 4.90 Å². The van der Waals surface area contributed by atoms with E-state index in [1.165, 1.54) is 11.3 Å². The maximum absolute atomic E-state index is 5.71. The van der Waals surface area contributed by atoms with Gasteiger partial charge >= 0.3 is 0 Å². The summed E-state index contributed by atoms with van der Waals surface area (Å²) in [4.78, 5) is 1.14. The first kappa shape index (κ1) is 11.7. The number of thioether (sulfide) groups is 1. The summed E-state index contributed by atoms with van der Waals surface area (Å²) in [6.07, 6.45) is 0. The SMILES string of the molecule is COc1cccc(SCc2nnc(Cl)s2)c1. The molecule has 3 nitrogen and oxygen atoms in total. The lowest BCUT2D eigenvalue weighted by Crippen LogP contribution is -1.83. The van der Waals surface area contributed by atoms with Crippen LogP contribution in [0, 0.1) is 0 Å². The van der Waals surface area contributed by atoms with Gasteiger partial charge < -0.3 is 4.74 Å². The van der Waals surface area contributed by atoms with Gasteiger partial charge in [0.15, 0.2) is 0 Å². The molecule has 0 aliphatic rings. The molecule has 2 rings (SSSR count). The third-order valence-electron chi connectivity index (χ3n) is 1.85. The highest BCUT2D eigenvalue weighted by molar-refractivity contribution is 7.98. The Labute approximate surface area is 107 Å². The minimum Gasteiger partial charge on any atom is -0.497 e. The van der Waals surface area contributed by atoms with Crippen molar-refractivity contribution in [1.82, 2.24) is 10.2 Å². The molecule has 0 radical (unpaired) electrons. The van der Waals surface area contributed by atoms with Crippen molar-refractivity contribution in [2.45, 2.75) is 10.6 Å². The summed E-state index contributed by atoms with van der Waals surface area (Å²) in [5.74, 6) is 1.64. The van der Waals surface area contributed by atoms with Crippen molar-refractivity contribution in [3.8, 4) is 5.75 Å². The maximum Gasteiger partial charge on any atom is 0.207 e. The van der Waals surface area contributed by atoms with E-state index in [9.17, 15) is 0 Å². The molecule has 0 atom stereocenters. The van der Waals surface area contributed by atoms with E-state index in [1.54, 1.807) is 18.9 Å². The van der Waals surface area contributed by atoms with E-state index >= 15 is 0 Å². The van der Waals surface area contributed by atoms with E-state index in [0.29, 0.717) is 4.47 Å². The van der Waals surface area contributed by atoms with E-state index in [1.807, 2.05) is 24.3 Å². The molecule has 0 saturated heterocycles. The molecule has 16 heavy (non-hydrogen) atoms. The molecule has 2 aromatic rings. The van der Waals surface area contributed by atoms with Gasteiger partial charge in [-0.2, -0.15) is 0 Å². The van der Waals surface area contributed by atoms with Crippen LogP contribution < -0.4 is 4.74 Å². The fourth-order valence-electron chi connectivity index (χ4n) is 1.13. The fourth-order valence-corrected chi connectivity index (χ4v) is 2.92. The Bertz CT molecular complexity index is 475. The van der Waals surface area contributed by atoms with Crippen molar-refractivity contribution in [2.24, 2.45) is 0 Å². The van der Waals surface area contributed by atoms with Crippen LogP contribution in [0.5, 0.6) is 5.75 Å². The first-order valence-electron chi connectivity index (χ1n) is 4.52. The zero-order valence-electron chi connectivity index (χ0n) is 8.51. The van der Waals surface area contributed by atoms with E-state index in [2.05, 4.69) is 10.2 Å². The van der Waals surface area contributed by atoms with Crippen molar-refractivity contribution in [2.75, 3.05) is 7.11 Å². The Morgan fingerprint density at radius 1 is 1.44 bits per heavy atom. The molecule has 0 spiro atoms. The second kappa shape index (κ2) is 5.52. The second-order valence-electron chi connectivity index (χ2n) is 2.92. The number of aromatic nitrogens is 2. The van der Waals surface area contributed by atoms with Crippen LogP contribution in [-0.2, 0) is 5.75 Å². The Hall–Kier alpha value is -0.780. The Morgan fingerprint density at radius 3 is 3.00 bits per heavy atom. The number of rotatable bonds is 4. The summed E-state index contributed by atoms with van der Waals surface area (Å²) in [5.41, 5.74) is 0. The van der Waals surface area contributed by atoms with Gasteiger partial charge in [-0.25, -0.2) is 0 Å². The molecule has 0 bridgehead atoms. The molecule has 1 aromatic carbocycles. The summed E-state index contributed by atoms with van der Waals surface area (Å²) in [7, 11) is 1.66. The monoisotopic (exact) mass is 272 g/mol. The second-order valence-corrected chi connectivity index (χ2v) is 5.61. The van der Waals surface area contributed by atoms with Crippen LogP contribution in [0.4, 0.5) is 0 Å². The Kier molecular flexibility index (Phi) is 4.04. The lowest BCUT2D eigenvalue weighted by molar-refractivity contribution is 0.413. The summed E-state index contributed by atoms with van der Waals surface area (Å²) in [5, 5.41) is 8.65. The van der Waals surface area contributed by atoms with E-state index in [4.69, 9.17) is 16.3 Å². The predicted octanol–water partition coefficient (Wildman–Crippen LogP) is 3.49. The first-order chi connectivity index (χ1) is 7.78. The molecule has 0 saturated carbocycles. The highest BCUT2D eigenvalue weighted by Gasteiger charge is 2.03. The number of ether oxygens (including phenoxy) is 1. The minimum atomic E-state index is 0.487. The molecule has 1 heterocycles. The molecule has 0 fully saturated rings. The lowest BCUT2D eigenvalue weighted by atomic mass is 10.3. The molecule has 0 aliphatic heterocycles. The van der Waals surface area contributed by atoms with Gasteiger partial charge in [0.05, 0.1) is 12.9 Å². The predicted molar refractivity (Wildman–Crippen MR) is 67.5 cm³/mol. The van der Waals surface area contributed by atoms with E-state index < -0.39 is 0 Å².